The molecule has 0 spiro atoms. The van der Waals surface area contributed by atoms with Gasteiger partial charge < -0.3 is 5.32 Å². The molecule has 1 aromatic carbocycles. The maximum atomic E-state index is 12.1. The first kappa shape index (κ1) is 16.6. The molecule has 116 valence electrons. The van der Waals surface area contributed by atoms with Gasteiger partial charge in [0.05, 0.1) is 10.0 Å². The van der Waals surface area contributed by atoms with Gasteiger partial charge in [-0.05, 0) is 31.0 Å². The Morgan fingerprint density at radius 3 is 2.62 bits per heavy atom. The van der Waals surface area contributed by atoms with Crippen molar-refractivity contribution in [3.05, 3.63) is 33.8 Å². The first-order chi connectivity index (χ1) is 9.79. The molecule has 4 nitrogen and oxygen atoms in total. The summed E-state index contributed by atoms with van der Waals surface area (Å²) in [5, 5.41) is 4.07. The molecule has 1 heterocycles. The van der Waals surface area contributed by atoms with Gasteiger partial charge in [0.1, 0.15) is 6.04 Å². The molecular formula is C15H21Cl2N3O. The Kier molecular flexibility index (Phi) is 5.15. The molecule has 1 fully saturated rings. The third-order valence-electron chi connectivity index (χ3n) is 3.82. The first-order valence-corrected chi connectivity index (χ1v) is 7.79. The van der Waals surface area contributed by atoms with Crippen LogP contribution in [0.4, 0.5) is 0 Å². The van der Waals surface area contributed by atoms with Gasteiger partial charge in [0.2, 0.25) is 5.91 Å². The Hall–Kier alpha value is -0.810. The second-order valence-electron chi connectivity index (χ2n) is 6.21. The first-order valence-electron chi connectivity index (χ1n) is 7.04. The SMILES string of the molecule is CC1CC(C(=O)NCC(C)(C)c2ccc(Cl)c(Cl)c2)NN1. The molecule has 2 rings (SSSR count). The number of halogens is 2. The van der Waals surface area contributed by atoms with E-state index in [0.717, 1.165) is 12.0 Å². The van der Waals surface area contributed by atoms with E-state index in [1.54, 1.807) is 6.07 Å². The van der Waals surface area contributed by atoms with Crippen LogP contribution < -0.4 is 16.2 Å². The molecule has 0 radical (unpaired) electrons. The van der Waals surface area contributed by atoms with Crippen LogP contribution in [0, 0.1) is 0 Å². The van der Waals surface area contributed by atoms with Crippen molar-refractivity contribution in [1.29, 1.82) is 0 Å². The van der Waals surface area contributed by atoms with E-state index in [2.05, 4.69) is 30.0 Å². The van der Waals surface area contributed by atoms with E-state index in [1.807, 2.05) is 19.1 Å². The average molecular weight is 330 g/mol. The minimum atomic E-state index is -0.221. The molecule has 2 unspecified atom stereocenters. The zero-order valence-electron chi connectivity index (χ0n) is 12.5. The van der Waals surface area contributed by atoms with Crippen LogP contribution in [0.2, 0.25) is 10.0 Å². The summed E-state index contributed by atoms with van der Waals surface area (Å²) in [6, 6.07) is 5.71. The summed E-state index contributed by atoms with van der Waals surface area (Å²) in [5.41, 5.74) is 6.87. The predicted octanol–water partition coefficient (Wildman–Crippen LogP) is 2.64. The van der Waals surface area contributed by atoms with Crippen molar-refractivity contribution in [2.45, 2.75) is 44.7 Å². The third-order valence-corrected chi connectivity index (χ3v) is 4.55. The van der Waals surface area contributed by atoms with Crippen LogP contribution in [-0.4, -0.2) is 24.5 Å². The maximum absolute atomic E-state index is 12.1. The van der Waals surface area contributed by atoms with Gasteiger partial charge in [-0.1, -0.05) is 43.1 Å². The molecule has 0 bridgehead atoms. The van der Waals surface area contributed by atoms with Crippen LogP contribution >= 0.6 is 23.2 Å². The number of amides is 1. The van der Waals surface area contributed by atoms with Gasteiger partial charge in [0, 0.05) is 18.0 Å². The number of rotatable bonds is 4. The third kappa shape index (κ3) is 4.10. The Morgan fingerprint density at radius 2 is 2.05 bits per heavy atom. The molecule has 21 heavy (non-hydrogen) atoms. The van der Waals surface area contributed by atoms with Gasteiger partial charge in [-0.15, -0.1) is 0 Å². The fraction of sp³-hybridized carbons (Fsp3) is 0.533. The van der Waals surface area contributed by atoms with Crippen molar-refractivity contribution < 1.29 is 4.79 Å². The number of nitrogens with one attached hydrogen (secondary N) is 3. The maximum Gasteiger partial charge on any atom is 0.238 e. The quantitative estimate of drug-likeness (QED) is 0.796. The fourth-order valence-electron chi connectivity index (χ4n) is 2.34. The lowest BCUT2D eigenvalue weighted by Crippen LogP contribution is -2.46. The van der Waals surface area contributed by atoms with Crippen LogP contribution in [0.1, 0.15) is 32.8 Å². The highest BCUT2D eigenvalue weighted by atomic mass is 35.5. The van der Waals surface area contributed by atoms with Crippen molar-refractivity contribution >= 4 is 29.1 Å². The standard InChI is InChI=1S/C15H21Cl2N3O/c1-9-6-13(20-19-9)14(21)18-8-15(2,3)10-4-5-11(16)12(17)7-10/h4-5,7,9,13,19-20H,6,8H2,1-3H3,(H,18,21). The average Bonchev–Trinajstić information content (AvgIpc) is 2.86. The topological polar surface area (TPSA) is 53.2 Å². The molecule has 3 N–H and O–H groups in total. The molecular weight excluding hydrogens is 309 g/mol. The lowest BCUT2D eigenvalue weighted by atomic mass is 9.84. The second-order valence-corrected chi connectivity index (χ2v) is 7.02. The van der Waals surface area contributed by atoms with E-state index in [-0.39, 0.29) is 17.4 Å². The summed E-state index contributed by atoms with van der Waals surface area (Å²) in [4.78, 5) is 12.1. The molecule has 0 aliphatic carbocycles. The van der Waals surface area contributed by atoms with E-state index in [1.165, 1.54) is 0 Å². The summed E-state index contributed by atoms with van der Waals surface area (Å²) in [5.74, 6) is 0.0139. The van der Waals surface area contributed by atoms with Crippen molar-refractivity contribution in [3.63, 3.8) is 0 Å². The monoisotopic (exact) mass is 329 g/mol. The minimum absolute atomic E-state index is 0.0139. The minimum Gasteiger partial charge on any atom is -0.354 e. The summed E-state index contributed by atoms with van der Waals surface area (Å²) < 4.78 is 0. The van der Waals surface area contributed by atoms with Crippen molar-refractivity contribution in [3.8, 4) is 0 Å². The summed E-state index contributed by atoms with van der Waals surface area (Å²) >= 11 is 12.0. The molecule has 0 aromatic heterocycles. The van der Waals surface area contributed by atoms with Gasteiger partial charge in [0.25, 0.3) is 0 Å². The zero-order chi connectivity index (χ0) is 15.6. The van der Waals surface area contributed by atoms with E-state index in [4.69, 9.17) is 23.2 Å². The number of carbonyl (C=O) groups excluding carboxylic acids is 1. The highest BCUT2D eigenvalue weighted by Gasteiger charge is 2.28. The van der Waals surface area contributed by atoms with Crippen LogP contribution in [-0.2, 0) is 10.2 Å². The number of carbonyl (C=O) groups is 1. The molecule has 6 heteroatoms. The van der Waals surface area contributed by atoms with Crippen LogP contribution in [0.25, 0.3) is 0 Å². The second kappa shape index (κ2) is 6.53. The van der Waals surface area contributed by atoms with Crippen LogP contribution in [0.5, 0.6) is 0 Å². The number of benzene rings is 1. The number of hydrogen-bond acceptors (Lipinski definition) is 3. The predicted molar refractivity (Wildman–Crippen MR) is 86.6 cm³/mol. The van der Waals surface area contributed by atoms with E-state index >= 15 is 0 Å². The molecule has 2 atom stereocenters. The molecule has 1 aromatic rings. The van der Waals surface area contributed by atoms with E-state index in [9.17, 15) is 4.79 Å². The van der Waals surface area contributed by atoms with E-state index < -0.39 is 0 Å². The van der Waals surface area contributed by atoms with Gasteiger partial charge in [-0.25, -0.2) is 5.43 Å². The Morgan fingerprint density at radius 1 is 1.33 bits per heavy atom. The Labute approximate surface area is 135 Å². The summed E-state index contributed by atoms with van der Waals surface area (Å²) in [6.07, 6.45) is 0.791. The zero-order valence-corrected chi connectivity index (χ0v) is 14.0. The van der Waals surface area contributed by atoms with Gasteiger partial charge in [-0.2, -0.15) is 0 Å². The smallest absolute Gasteiger partial charge is 0.238 e. The highest BCUT2D eigenvalue weighted by molar-refractivity contribution is 6.42. The largest absolute Gasteiger partial charge is 0.354 e. The van der Waals surface area contributed by atoms with Gasteiger partial charge in [-0.3, -0.25) is 10.2 Å². The molecule has 1 amide bonds. The van der Waals surface area contributed by atoms with Crippen molar-refractivity contribution in [2.75, 3.05) is 6.54 Å². The Balaban J connectivity index is 1.97. The lowest BCUT2D eigenvalue weighted by molar-refractivity contribution is -0.123. The molecule has 1 aliphatic rings. The molecule has 0 saturated carbocycles. The number of hydrazine groups is 1. The van der Waals surface area contributed by atoms with Crippen molar-refractivity contribution in [2.24, 2.45) is 0 Å². The van der Waals surface area contributed by atoms with Crippen LogP contribution in [0.3, 0.4) is 0 Å². The van der Waals surface area contributed by atoms with E-state index in [0.29, 0.717) is 22.6 Å². The van der Waals surface area contributed by atoms with Crippen LogP contribution in [0.15, 0.2) is 18.2 Å². The van der Waals surface area contributed by atoms with Gasteiger partial charge in [0.15, 0.2) is 0 Å². The highest BCUT2D eigenvalue weighted by Crippen LogP contribution is 2.29. The number of hydrogen-bond donors (Lipinski definition) is 3. The summed E-state index contributed by atoms with van der Waals surface area (Å²) in [7, 11) is 0. The fourth-order valence-corrected chi connectivity index (χ4v) is 2.64. The van der Waals surface area contributed by atoms with Crippen molar-refractivity contribution in [1.82, 2.24) is 16.2 Å². The lowest BCUT2D eigenvalue weighted by Gasteiger charge is -2.26. The van der Waals surface area contributed by atoms with Gasteiger partial charge >= 0.3 is 0 Å². The molecule has 1 aliphatic heterocycles. The normalized spacial score (nSPS) is 22.3. The Bertz CT molecular complexity index is 534. The molecule has 1 saturated heterocycles. The summed E-state index contributed by atoms with van der Waals surface area (Å²) in [6.45, 7) is 6.71.